The van der Waals surface area contributed by atoms with Gasteiger partial charge in [-0.3, -0.25) is 24.3 Å². The van der Waals surface area contributed by atoms with Crippen LogP contribution in [0.5, 0.6) is 0 Å². The Morgan fingerprint density at radius 1 is 1.21 bits per heavy atom. The van der Waals surface area contributed by atoms with E-state index in [1.807, 2.05) is 6.07 Å². The molecule has 0 aromatic carbocycles. The maximum absolute atomic E-state index is 13.3. The summed E-state index contributed by atoms with van der Waals surface area (Å²) in [5, 5.41) is 12.0. The molecule has 10 nitrogen and oxygen atoms in total. The number of aromatic nitrogens is 3. The number of morpholine rings is 1. The summed E-state index contributed by atoms with van der Waals surface area (Å²) >= 11 is 0. The van der Waals surface area contributed by atoms with Crippen LogP contribution in [0.15, 0.2) is 35.3 Å². The molecule has 0 spiro atoms. The molecule has 0 radical (unpaired) electrons. The summed E-state index contributed by atoms with van der Waals surface area (Å²) in [7, 11) is 0. The van der Waals surface area contributed by atoms with Crippen molar-refractivity contribution in [1.29, 1.82) is 5.41 Å². The molecule has 0 aliphatic carbocycles. The molecule has 0 unspecified atom stereocenters. The second-order valence-corrected chi connectivity index (χ2v) is 8.44. The summed E-state index contributed by atoms with van der Waals surface area (Å²) in [4.78, 5) is 33.2. The zero-order chi connectivity index (χ0) is 22.8. The first-order chi connectivity index (χ1) is 16.1. The Balaban J connectivity index is 1.56. The van der Waals surface area contributed by atoms with E-state index in [0.717, 1.165) is 25.9 Å². The molecule has 2 N–H and O–H groups in total. The maximum Gasteiger partial charge on any atom is 0.267 e. The summed E-state index contributed by atoms with van der Waals surface area (Å²) in [6, 6.07) is 6.85. The number of pyridine rings is 2. The van der Waals surface area contributed by atoms with Crippen molar-refractivity contribution in [3.8, 4) is 0 Å². The molecule has 3 aromatic heterocycles. The third-order valence-electron chi connectivity index (χ3n) is 6.32. The average molecular weight is 453 g/mol. The van der Waals surface area contributed by atoms with E-state index in [0.29, 0.717) is 56.1 Å². The van der Waals surface area contributed by atoms with Crippen LogP contribution in [0.25, 0.3) is 16.7 Å². The lowest BCUT2D eigenvalue weighted by molar-refractivity contribution is 0.0363. The van der Waals surface area contributed by atoms with E-state index in [1.54, 1.807) is 22.9 Å². The van der Waals surface area contributed by atoms with E-state index in [9.17, 15) is 9.59 Å². The van der Waals surface area contributed by atoms with Gasteiger partial charge in [0.05, 0.1) is 30.3 Å². The third kappa shape index (κ3) is 4.41. The highest BCUT2D eigenvalue weighted by atomic mass is 16.5. The van der Waals surface area contributed by atoms with Gasteiger partial charge >= 0.3 is 0 Å². The fourth-order valence-corrected chi connectivity index (χ4v) is 4.45. The molecule has 2 aliphatic heterocycles. The highest BCUT2D eigenvalue weighted by Gasteiger charge is 2.21. The largest absolute Gasteiger partial charge is 0.379 e. The monoisotopic (exact) mass is 452 g/mol. The van der Waals surface area contributed by atoms with Crippen molar-refractivity contribution in [2.75, 3.05) is 46.0 Å². The van der Waals surface area contributed by atoms with Crippen LogP contribution < -0.4 is 16.4 Å². The number of carbonyl (C=O) groups excluding carboxylic acids is 1. The molecule has 0 saturated carbocycles. The van der Waals surface area contributed by atoms with Crippen molar-refractivity contribution < 1.29 is 14.3 Å². The Hall–Kier alpha value is -3.08. The first-order valence-electron chi connectivity index (χ1n) is 11.4. The number of hydrogen-bond acceptors (Lipinski definition) is 7. The summed E-state index contributed by atoms with van der Waals surface area (Å²) in [6.45, 7) is 5.18. The lowest BCUT2D eigenvalue weighted by Crippen LogP contribution is -2.41. The molecule has 5 rings (SSSR count). The minimum absolute atomic E-state index is 0.00623. The Bertz CT molecular complexity index is 1290. The molecule has 2 fully saturated rings. The molecular weight excluding hydrogens is 424 g/mol. The Labute approximate surface area is 190 Å². The number of ether oxygens (including phenoxy) is 2. The number of rotatable bonds is 6. The molecule has 1 amide bonds. The molecule has 0 bridgehead atoms. The topological polar surface area (TPSA) is 114 Å². The quantitative estimate of drug-likeness (QED) is 0.523. The first-order valence-corrected chi connectivity index (χ1v) is 11.4. The fraction of sp³-hybridized carbons (Fsp3) is 0.478. The number of amides is 1. The predicted octanol–water partition coefficient (Wildman–Crippen LogP) is 0.370. The Kier molecular flexibility index (Phi) is 6.21. The van der Waals surface area contributed by atoms with Crippen molar-refractivity contribution in [3.05, 3.63) is 51.9 Å². The summed E-state index contributed by atoms with van der Waals surface area (Å²) in [5.41, 5.74) is 0.874. The number of hydrogen-bond donors (Lipinski definition) is 2. The van der Waals surface area contributed by atoms with Crippen molar-refractivity contribution in [1.82, 2.24) is 24.2 Å². The summed E-state index contributed by atoms with van der Waals surface area (Å²) < 4.78 is 14.2. The lowest BCUT2D eigenvalue weighted by Gasteiger charge is -2.27. The number of carbonyl (C=O) groups is 1. The van der Waals surface area contributed by atoms with Gasteiger partial charge in [0.25, 0.3) is 11.5 Å². The van der Waals surface area contributed by atoms with Crippen LogP contribution in [0.4, 0.5) is 0 Å². The SMILES string of the molecule is N=c1c(C(=O)NC[C@@H]2CCCO2)cc2c(=O)n3ccccc3nc2n1CCN1CCOCC1. The van der Waals surface area contributed by atoms with Crippen LogP contribution in [-0.2, 0) is 16.0 Å². The van der Waals surface area contributed by atoms with Gasteiger partial charge in [0, 0.05) is 45.5 Å². The van der Waals surface area contributed by atoms with Crippen LogP contribution in [0.2, 0.25) is 0 Å². The van der Waals surface area contributed by atoms with Crippen molar-refractivity contribution in [2.45, 2.75) is 25.5 Å². The van der Waals surface area contributed by atoms with Crippen LogP contribution >= 0.6 is 0 Å². The molecule has 33 heavy (non-hydrogen) atoms. The van der Waals surface area contributed by atoms with E-state index < -0.39 is 0 Å². The zero-order valence-electron chi connectivity index (χ0n) is 18.5. The van der Waals surface area contributed by atoms with Gasteiger partial charge in [-0.1, -0.05) is 6.07 Å². The minimum atomic E-state index is -0.380. The summed E-state index contributed by atoms with van der Waals surface area (Å²) in [5.74, 6) is -0.380. The minimum Gasteiger partial charge on any atom is -0.379 e. The van der Waals surface area contributed by atoms with Crippen LogP contribution in [0.1, 0.15) is 23.2 Å². The van der Waals surface area contributed by atoms with E-state index in [-0.39, 0.29) is 28.6 Å². The van der Waals surface area contributed by atoms with Crippen LogP contribution in [0.3, 0.4) is 0 Å². The molecular formula is C23H28N6O4. The van der Waals surface area contributed by atoms with Gasteiger partial charge in [0.15, 0.2) is 0 Å². The highest BCUT2D eigenvalue weighted by Crippen LogP contribution is 2.13. The standard InChI is InChI=1S/C23H28N6O4/c24-20-17(22(30)25-15-16-4-3-11-33-16)14-18-21(26-19-5-1-2-6-28(19)23(18)31)29(20)8-7-27-9-12-32-13-10-27/h1-2,5-6,14,16,24H,3-4,7-13,15H2,(H,25,30)/t16-/m0/s1. The molecule has 2 aliphatic rings. The maximum atomic E-state index is 13.3. The van der Waals surface area contributed by atoms with Gasteiger partial charge in [0.1, 0.15) is 16.8 Å². The third-order valence-corrected chi connectivity index (χ3v) is 6.32. The van der Waals surface area contributed by atoms with Gasteiger partial charge in [-0.25, -0.2) is 4.98 Å². The van der Waals surface area contributed by atoms with E-state index in [2.05, 4.69) is 15.2 Å². The molecule has 3 aromatic rings. The summed E-state index contributed by atoms with van der Waals surface area (Å²) in [6.07, 6.45) is 3.54. The number of fused-ring (bicyclic) bond motifs is 2. The molecule has 10 heteroatoms. The van der Waals surface area contributed by atoms with Gasteiger partial charge in [-0.2, -0.15) is 0 Å². The molecule has 5 heterocycles. The second kappa shape index (κ2) is 9.42. The van der Waals surface area contributed by atoms with Gasteiger partial charge in [0.2, 0.25) is 0 Å². The zero-order valence-corrected chi connectivity index (χ0v) is 18.5. The fourth-order valence-electron chi connectivity index (χ4n) is 4.45. The van der Waals surface area contributed by atoms with Gasteiger partial charge in [-0.15, -0.1) is 0 Å². The van der Waals surface area contributed by atoms with Crippen molar-refractivity contribution in [2.24, 2.45) is 0 Å². The number of nitrogens with zero attached hydrogens (tertiary/aromatic N) is 4. The molecule has 174 valence electrons. The first kappa shape index (κ1) is 21.7. The molecule has 2 saturated heterocycles. The van der Waals surface area contributed by atoms with Gasteiger partial charge < -0.3 is 19.4 Å². The van der Waals surface area contributed by atoms with E-state index in [4.69, 9.17) is 14.9 Å². The second-order valence-electron chi connectivity index (χ2n) is 8.44. The highest BCUT2D eigenvalue weighted by molar-refractivity contribution is 5.96. The lowest BCUT2D eigenvalue weighted by atomic mass is 10.2. The van der Waals surface area contributed by atoms with Crippen LogP contribution in [-0.4, -0.2) is 76.9 Å². The molecule has 1 atom stereocenters. The predicted molar refractivity (Wildman–Crippen MR) is 121 cm³/mol. The smallest absolute Gasteiger partial charge is 0.267 e. The van der Waals surface area contributed by atoms with Gasteiger partial charge in [-0.05, 0) is 31.0 Å². The Morgan fingerprint density at radius 3 is 2.85 bits per heavy atom. The normalized spacial score (nSPS) is 19.3. The van der Waals surface area contributed by atoms with Crippen LogP contribution in [0, 0.1) is 5.41 Å². The average Bonchev–Trinajstić information content (AvgIpc) is 3.36. The van der Waals surface area contributed by atoms with Crippen molar-refractivity contribution in [3.63, 3.8) is 0 Å². The van der Waals surface area contributed by atoms with E-state index in [1.165, 1.54) is 10.5 Å². The van der Waals surface area contributed by atoms with E-state index >= 15 is 0 Å². The number of nitrogens with one attached hydrogen (secondary N) is 2. The Morgan fingerprint density at radius 2 is 2.06 bits per heavy atom. The van der Waals surface area contributed by atoms with Crippen molar-refractivity contribution >= 4 is 22.6 Å².